The zero-order chi connectivity index (χ0) is 11.9. The van der Waals surface area contributed by atoms with E-state index in [2.05, 4.69) is 31.8 Å². The van der Waals surface area contributed by atoms with Crippen molar-refractivity contribution in [2.75, 3.05) is 37.7 Å². The number of azide groups is 1. The van der Waals surface area contributed by atoms with Gasteiger partial charge >= 0.3 is 0 Å². The molecule has 0 spiro atoms. The van der Waals surface area contributed by atoms with Crippen molar-refractivity contribution in [1.82, 2.24) is 4.98 Å². The van der Waals surface area contributed by atoms with Gasteiger partial charge in [0.25, 0.3) is 0 Å². The first-order chi connectivity index (χ1) is 8.40. The summed E-state index contributed by atoms with van der Waals surface area (Å²) in [5.74, 6) is 5.61. The fourth-order valence-corrected chi connectivity index (χ4v) is 2.23. The fraction of sp³-hybridized carbons (Fsp3) is 0.500. The molecule has 0 bridgehead atoms. The highest BCUT2D eigenvalue weighted by Gasteiger charge is 2.13. The smallest absolute Gasteiger partial charge is 0.186 e. The van der Waals surface area contributed by atoms with E-state index in [1.807, 2.05) is 5.38 Å². The lowest BCUT2D eigenvalue weighted by Gasteiger charge is -2.25. The maximum absolute atomic E-state index is 8.10. The van der Waals surface area contributed by atoms with E-state index < -0.39 is 0 Å². The van der Waals surface area contributed by atoms with Crippen LogP contribution in [0.5, 0.6) is 0 Å². The average molecular weight is 249 g/mol. The first kappa shape index (κ1) is 11.7. The Bertz CT molecular complexity index is 476. The molecule has 0 saturated carbocycles. The number of thiazole rings is 1. The molecule has 0 atom stereocenters. The monoisotopic (exact) mass is 249 g/mol. The van der Waals surface area contributed by atoms with Crippen LogP contribution in [0.2, 0.25) is 0 Å². The van der Waals surface area contributed by atoms with Gasteiger partial charge in [0.15, 0.2) is 5.13 Å². The number of anilines is 1. The summed E-state index contributed by atoms with van der Waals surface area (Å²) in [6.07, 6.45) is 0. The molecule has 0 aromatic carbocycles. The Morgan fingerprint density at radius 3 is 3.18 bits per heavy atom. The van der Waals surface area contributed by atoms with Crippen LogP contribution in [-0.4, -0.2) is 37.8 Å². The summed E-state index contributed by atoms with van der Waals surface area (Å²) >= 11 is 1.57. The molecule has 1 saturated heterocycles. The van der Waals surface area contributed by atoms with E-state index in [1.165, 1.54) is 0 Å². The predicted molar refractivity (Wildman–Crippen MR) is 66.0 cm³/mol. The molecule has 1 aromatic rings. The Labute approximate surface area is 103 Å². The van der Waals surface area contributed by atoms with Crippen LogP contribution < -0.4 is 4.90 Å². The second-order valence-electron chi connectivity index (χ2n) is 3.31. The minimum atomic E-state index is 0.181. The summed E-state index contributed by atoms with van der Waals surface area (Å²) in [6.45, 7) is 3.42. The average Bonchev–Trinajstić information content (AvgIpc) is 2.85. The summed E-state index contributed by atoms with van der Waals surface area (Å²) < 4.78 is 5.28. The quantitative estimate of drug-likeness (QED) is 0.346. The summed E-state index contributed by atoms with van der Waals surface area (Å²) in [5, 5.41) is 6.22. The molecule has 0 N–H and O–H groups in total. The van der Waals surface area contributed by atoms with E-state index in [4.69, 9.17) is 10.3 Å². The van der Waals surface area contributed by atoms with E-state index in [1.54, 1.807) is 11.3 Å². The highest BCUT2D eigenvalue weighted by molar-refractivity contribution is 7.13. The van der Waals surface area contributed by atoms with Gasteiger partial charge in [-0.3, -0.25) is 0 Å². The van der Waals surface area contributed by atoms with Gasteiger partial charge in [-0.25, -0.2) is 4.98 Å². The molecule has 88 valence electrons. The number of rotatable bonds is 2. The van der Waals surface area contributed by atoms with Crippen molar-refractivity contribution < 1.29 is 4.74 Å². The number of ether oxygens (including phenoxy) is 1. The van der Waals surface area contributed by atoms with E-state index in [0.29, 0.717) is 0 Å². The minimum Gasteiger partial charge on any atom is -0.378 e. The Morgan fingerprint density at radius 1 is 1.59 bits per heavy atom. The lowest BCUT2D eigenvalue weighted by molar-refractivity contribution is 0.122. The van der Waals surface area contributed by atoms with Gasteiger partial charge in [0, 0.05) is 23.4 Å². The van der Waals surface area contributed by atoms with Gasteiger partial charge in [0.2, 0.25) is 0 Å². The first-order valence-corrected chi connectivity index (χ1v) is 6.06. The standard InChI is InChI=1S/C10H11N5OS/c11-14-12-3-1-2-9-8-17-10(13-9)15-4-6-16-7-5-15/h8H,3-7H2. The highest BCUT2D eigenvalue weighted by Crippen LogP contribution is 2.20. The van der Waals surface area contributed by atoms with Crippen LogP contribution in [0.15, 0.2) is 10.5 Å². The number of hydrogen-bond donors (Lipinski definition) is 0. The zero-order valence-corrected chi connectivity index (χ0v) is 9.98. The van der Waals surface area contributed by atoms with Gasteiger partial charge in [0.05, 0.1) is 19.8 Å². The van der Waals surface area contributed by atoms with Gasteiger partial charge in [0.1, 0.15) is 5.69 Å². The fourth-order valence-electron chi connectivity index (χ4n) is 1.42. The molecular weight excluding hydrogens is 238 g/mol. The summed E-state index contributed by atoms with van der Waals surface area (Å²) in [7, 11) is 0. The van der Waals surface area contributed by atoms with Gasteiger partial charge in [-0.15, -0.1) is 11.3 Å². The van der Waals surface area contributed by atoms with Crippen molar-refractivity contribution in [3.05, 3.63) is 21.5 Å². The van der Waals surface area contributed by atoms with E-state index in [9.17, 15) is 0 Å². The molecule has 0 radical (unpaired) electrons. The lowest BCUT2D eigenvalue weighted by Crippen LogP contribution is -2.36. The third kappa shape index (κ3) is 3.36. The molecular formula is C10H11N5OS. The molecule has 1 fully saturated rings. The van der Waals surface area contributed by atoms with Gasteiger partial charge < -0.3 is 9.64 Å². The summed E-state index contributed by atoms with van der Waals surface area (Å²) in [6, 6.07) is 0. The van der Waals surface area contributed by atoms with Crippen molar-refractivity contribution in [1.29, 1.82) is 0 Å². The summed E-state index contributed by atoms with van der Waals surface area (Å²) in [5.41, 5.74) is 8.82. The third-order valence-electron chi connectivity index (χ3n) is 2.20. The van der Waals surface area contributed by atoms with Gasteiger partial charge in [-0.2, -0.15) is 0 Å². The van der Waals surface area contributed by atoms with E-state index >= 15 is 0 Å². The van der Waals surface area contributed by atoms with Crippen molar-refractivity contribution in [2.24, 2.45) is 5.11 Å². The largest absolute Gasteiger partial charge is 0.378 e. The lowest BCUT2D eigenvalue weighted by atomic mass is 10.4. The van der Waals surface area contributed by atoms with Crippen molar-refractivity contribution in [3.8, 4) is 11.8 Å². The van der Waals surface area contributed by atoms with E-state index in [-0.39, 0.29) is 6.54 Å². The summed E-state index contributed by atoms with van der Waals surface area (Å²) in [4.78, 5) is 9.23. The van der Waals surface area contributed by atoms with Gasteiger partial charge in [-0.1, -0.05) is 11.0 Å². The SMILES string of the molecule is [N-]=[N+]=NCC#Cc1csc(N2CCOCC2)n1. The van der Waals surface area contributed by atoms with Crippen LogP contribution in [0, 0.1) is 11.8 Å². The van der Waals surface area contributed by atoms with Crippen LogP contribution in [0.25, 0.3) is 10.4 Å². The molecule has 1 aromatic heterocycles. The number of hydrogen-bond acceptors (Lipinski definition) is 5. The first-order valence-electron chi connectivity index (χ1n) is 5.18. The molecule has 6 nitrogen and oxygen atoms in total. The number of nitrogens with zero attached hydrogens (tertiary/aromatic N) is 5. The van der Waals surface area contributed by atoms with Crippen molar-refractivity contribution >= 4 is 16.5 Å². The second kappa shape index (κ2) is 6.11. The molecule has 7 heteroatoms. The molecule has 2 heterocycles. The Hall–Kier alpha value is -1.74. The second-order valence-corrected chi connectivity index (χ2v) is 4.14. The van der Waals surface area contributed by atoms with E-state index in [0.717, 1.165) is 37.1 Å². The number of aromatic nitrogens is 1. The molecule has 1 aliphatic rings. The topological polar surface area (TPSA) is 74.1 Å². The molecule has 0 amide bonds. The minimum absolute atomic E-state index is 0.181. The highest BCUT2D eigenvalue weighted by atomic mass is 32.1. The third-order valence-corrected chi connectivity index (χ3v) is 3.10. The predicted octanol–water partition coefficient (Wildman–Crippen LogP) is 1.64. The number of morpholine rings is 1. The maximum Gasteiger partial charge on any atom is 0.186 e. The van der Waals surface area contributed by atoms with Crippen LogP contribution >= 0.6 is 11.3 Å². The van der Waals surface area contributed by atoms with Crippen LogP contribution in [0.1, 0.15) is 5.69 Å². The Balaban J connectivity index is 1.98. The Morgan fingerprint density at radius 2 is 2.41 bits per heavy atom. The molecule has 0 unspecified atom stereocenters. The zero-order valence-electron chi connectivity index (χ0n) is 9.17. The van der Waals surface area contributed by atoms with Crippen LogP contribution in [0.3, 0.4) is 0 Å². The molecule has 0 aliphatic carbocycles. The van der Waals surface area contributed by atoms with Crippen LogP contribution in [-0.2, 0) is 4.74 Å². The molecule has 17 heavy (non-hydrogen) atoms. The molecule has 2 rings (SSSR count). The maximum atomic E-state index is 8.10. The van der Waals surface area contributed by atoms with Crippen molar-refractivity contribution in [3.63, 3.8) is 0 Å². The van der Waals surface area contributed by atoms with Crippen molar-refractivity contribution in [2.45, 2.75) is 0 Å². The van der Waals surface area contributed by atoms with Crippen LogP contribution in [0.4, 0.5) is 5.13 Å². The Kier molecular flexibility index (Phi) is 4.22. The molecule has 1 aliphatic heterocycles. The normalized spacial score (nSPS) is 14.7. The van der Waals surface area contributed by atoms with Gasteiger partial charge in [-0.05, 0) is 11.5 Å².